The summed E-state index contributed by atoms with van der Waals surface area (Å²) in [6.45, 7) is 0. The maximum Gasteiger partial charge on any atom is 0.258 e. The largest absolute Gasteiger partial charge is 0.496 e. The summed E-state index contributed by atoms with van der Waals surface area (Å²) in [7, 11) is 1.41. The molecule has 0 bridgehead atoms. The van der Waals surface area contributed by atoms with Crippen LogP contribution in [-0.2, 0) is 0 Å². The van der Waals surface area contributed by atoms with Crippen LogP contribution in [0.3, 0.4) is 0 Å². The number of carbonyl (C=O) groups is 1. The first kappa shape index (κ1) is 12.8. The quantitative estimate of drug-likeness (QED) is 0.915. The van der Waals surface area contributed by atoms with Crippen molar-refractivity contribution >= 4 is 5.91 Å². The molecule has 2 aromatic rings. The summed E-state index contributed by atoms with van der Waals surface area (Å²) in [6.07, 6.45) is 1.42. The van der Waals surface area contributed by atoms with E-state index in [0.29, 0.717) is 5.75 Å². The first-order valence-corrected chi connectivity index (χ1v) is 5.38. The van der Waals surface area contributed by atoms with Crippen LogP contribution in [0.15, 0.2) is 36.5 Å². The number of ether oxygens (including phenoxy) is 2. The van der Waals surface area contributed by atoms with Crippen molar-refractivity contribution in [2.45, 2.75) is 0 Å². The van der Waals surface area contributed by atoms with Crippen LogP contribution in [0.5, 0.6) is 17.4 Å². The number of hydrogen-bond acceptors (Lipinski definition) is 4. The van der Waals surface area contributed by atoms with Gasteiger partial charge in [-0.15, -0.1) is 0 Å². The first-order valence-electron chi connectivity index (χ1n) is 5.38. The lowest BCUT2D eigenvalue weighted by atomic mass is 10.2. The van der Waals surface area contributed by atoms with E-state index < -0.39 is 5.91 Å². The molecule has 6 heteroatoms. The zero-order valence-electron chi connectivity index (χ0n) is 10.1. The van der Waals surface area contributed by atoms with E-state index in [4.69, 9.17) is 15.2 Å². The van der Waals surface area contributed by atoms with Gasteiger partial charge in [0.1, 0.15) is 22.9 Å². The number of aromatic nitrogens is 1. The summed E-state index contributed by atoms with van der Waals surface area (Å²) in [5.74, 6) is -0.495. The smallest absolute Gasteiger partial charge is 0.258 e. The lowest BCUT2D eigenvalue weighted by molar-refractivity contribution is 0.0994. The average molecular weight is 262 g/mol. The number of hydrogen-bond donors (Lipinski definition) is 1. The number of pyridine rings is 1. The predicted molar refractivity (Wildman–Crippen MR) is 65.8 cm³/mol. The van der Waals surface area contributed by atoms with Gasteiger partial charge in [0.15, 0.2) is 0 Å². The van der Waals surface area contributed by atoms with Crippen LogP contribution in [0.1, 0.15) is 10.4 Å². The highest BCUT2D eigenvalue weighted by molar-refractivity contribution is 5.97. The molecule has 1 amide bonds. The molecule has 19 heavy (non-hydrogen) atoms. The topological polar surface area (TPSA) is 74.4 Å². The third kappa shape index (κ3) is 2.79. The molecule has 5 nitrogen and oxygen atoms in total. The van der Waals surface area contributed by atoms with E-state index in [1.807, 2.05) is 0 Å². The minimum atomic E-state index is -0.720. The van der Waals surface area contributed by atoms with Crippen molar-refractivity contribution in [1.82, 2.24) is 4.98 Å². The Labute approximate surface area is 108 Å². The van der Waals surface area contributed by atoms with Gasteiger partial charge in [0, 0.05) is 6.20 Å². The summed E-state index contributed by atoms with van der Waals surface area (Å²) in [5.41, 5.74) is 5.31. The number of amides is 1. The van der Waals surface area contributed by atoms with Crippen molar-refractivity contribution < 1.29 is 18.7 Å². The van der Waals surface area contributed by atoms with E-state index in [-0.39, 0.29) is 23.0 Å². The van der Waals surface area contributed by atoms with Crippen molar-refractivity contribution in [2.24, 2.45) is 5.73 Å². The zero-order chi connectivity index (χ0) is 13.8. The van der Waals surface area contributed by atoms with Gasteiger partial charge < -0.3 is 15.2 Å². The molecule has 0 fully saturated rings. The Kier molecular flexibility index (Phi) is 3.61. The lowest BCUT2D eigenvalue weighted by Gasteiger charge is -2.10. The zero-order valence-corrected chi connectivity index (χ0v) is 10.1. The summed E-state index contributed by atoms with van der Waals surface area (Å²) in [4.78, 5) is 15.3. The number of carbonyl (C=O) groups excluding carboxylic acids is 1. The normalized spacial score (nSPS) is 10.0. The summed E-state index contributed by atoms with van der Waals surface area (Å²) in [5, 5.41) is 0. The van der Waals surface area contributed by atoms with Gasteiger partial charge in [0.25, 0.3) is 5.91 Å². The third-order valence-electron chi connectivity index (χ3n) is 2.37. The van der Waals surface area contributed by atoms with Crippen LogP contribution in [0.2, 0.25) is 0 Å². The van der Waals surface area contributed by atoms with Gasteiger partial charge in [-0.3, -0.25) is 4.79 Å². The van der Waals surface area contributed by atoms with Gasteiger partial charge in [0.05, 0.1) is 7.11 Å². The molecule has 0 saturated heterocycles. The molecule has 0 spiro atoms. The van der Waals surface area contributed by atoms with Gasteiger partial charge in [-0.1, -0.05) is 0 Å². The van der Waals surface area contributed by atoms with Crippen LogP contribution < -0.4 is 15.2 Å². The predicted octanol–water partition coefficient (Wildman–Crippen LogP) is 2.12. The van der Waals surface area contributed by atoms with Crippen LogP contribution >= 0.6 is 0 Å². The van der Waals surface area contributed by atoms with Gasteiger partial charge in [-0.2, -0.15) is 0 Å². The van der Waals surface area contributed by atoms with Crippen molar-refractivity contribution in [1.29, 1.82) is 0 Å². The van der Waals surface area contributed by atoms with E-state index in [1.165, 1.54) is 43.6 Å². The molecule has 2 N–H and O–H groups in total. The number of methoxy groups -OCH3 is 1. The molecule has 0 aliphatic carbocycles. The van der Waals surface area contributed by atoms with Crippen LogP contribution in [0.4, 0.5) is 4.39 Å². The molecule has 2 rings (SSSR count). The summed E-state index contributed by atoms with van der Waals surface area (Å²) >= 11 is 0. The molecule has 1 aromatic carbocycles. The van der Waals surface area contributed by atoms with E-state index in [2.05, 4.69) is 4.98 Å². The van der Waals surface area contributed by atoms with Crippen molar-refractivity contribution in [2.75, 3.05) is 7.11 Å². The first-order chi connectivity index (χ1) is 9.11. The second-order valence-corrected chi connectivity index (χ2v) is 3.61. The monoisotopic (exact) mass is 262 g/mol. The van der Waals surface area contributed by atoms with E-state index in [1.54, 1.807) is 0 Å². The number of nitrogens with zero attached hydrogens (tertiary/aromatic N) is 1. The Bertz CT molecular complexity index is 599. The lowest BCUT2D eigenvalue weighted by Crippen LogP contribution is -2.14. The molecular weight excluding hydrogens is 251 g/mol. The van der Waals surface area contributed by atoms with E-state index in [9.17, 15) is 9.18 Å². The van der Waals surface area contributed by atoms with Crippen molar-refractivity contribution in [3.63, 3.8) is 0 Å². The Balaban J connectivity index is 2.39. The van der Waals surface area contributed by atoms with Crippen LogP contribution in [0, 0.1) is 5.82 Å². The number of benzene rings is 1. The molecule has 0 aliphatic heterocycles. The highest BCUT2D eigenvalue weighted by Crippen LogP contribution is 2.29. The maximum atomic E-state index is 12.8. The Morgan fingerprint density at radius 2 is 1.95 bits per heavy atom. The van der Waals surface area contributed by atoms with Gasteiger partial charge in [-0.25, -0.2) is 9.37 Å². The fraction of sp³-hybridized carbons (Fsp3) is 0.0769. The third-order valence-corrected chi connectivity index (χ3v) is 2.37. The number of nitrogens with two attached hydrogens (primary N) is 1. The average Bonchev–Trinajstić information content (AvgIpc) is 2.40. The number of primary amides is 1. The summed E-state index contributed by atoms with van der Waals surface area (Å²) < 4.78 is 23.2. The molecule has 0 atom stereocenters. The molecule has 98 valence electrons. The minimum absolute atomic E-state index is 0.0125. The molecule has 1 heterocycles. The Hall–Kier alpha value is -2.63. The molecule has 0 saturated carbocycles. The SMILES string of the molecule is COc1ccnc(Oc2ccc(F)cc2)c1C(N)=O. The molecule has 0 unspecified atom stereocenters. The van der Waals surface area contributed by atoms with Crippen LogP contribution in [-0.4, -0.2) is 18.0 Å². The van der Waals surface area contributed by atoms with Gasteiger partial charge in [-0.05, 0) is 30.3 Å². The summed E-state index contributed by atoms with van der Waals surface area (Å²) in [6, 6.07) is 6.80. The highest BCUT2D eigenvalue weighted by atomic mass is 19.1. The van der Waals surface area contributed by atoms with Crippen molar-refractivity contribution in [3.05, 3.63) is 47.9 Å². The second-order valence-electron chi connectivity index (χ2n) is 3.61. The van der Waals surface area contributed by atoms with Gasteiger partial charge >= 0.3 is 0 Å². The highest BCUT2D eigenvalue weighted by Gasteiger charge is 2.17. The fourth-order valence-corrected chi connectivity index (χ4v) is 1.51. The second kappa shape index (κ2) is 5.34. The molecule has 0 aliphatic rings. The van der Waals surface area contributed by atoms with Crippen LogP contribution in [0.25, 0.3) is 0 Å². The molecule has 0 radical (unpaired) electrons. The molecule has 1 aromatic heterocycles. The standard InChI is InChI=1S/C13H11FN2O3/c1-18-10-6-7-16-13(11(10)12(15)17)19-9-4-2-8(14)3-5-9/h2-7H,1H3,(H2,15,17). The maximum absolute atomic E-state index is 12.8. The number of rotatable bonds is 4. The van der Waals surface area contributed by atoms with Crippen molar-refractivity contribution in [3.8, 4) is 17.4 Å². The minimum Gasteiger partial charge on any atom is -0.496 e. The van der Waals surface area contributed by atoms with E-state index >= 15 is 0 Å². The number of halogens is 1. The Morgan fingerprint density at radius 3 is 2.53 bits per heavy atom. The van der Waals surface area contributed by atoms with E-state index in [0.717, 1.165) is 0 Å². The molecular formula is C13H11FN2O3. The fourth-order valence-electron chi connectivity index (χ4n) is 1.51. The van der Waals surface area contributed by atoms with Gasteiger partial charge in [0.2, 0.25) is 5.88 Å². The Morgan fingerprint density at radius 1 is 1.26 bits per heavy atom.